The maximum Gasteiger partial charge on any atom is 0.234 e. The molecule has 1 aromatic heterocycles. The normalized spacial score (nSPS) is 17.9. The van der Waals surface area contributed by atoms with Gasteiger partial charge in [-0.2, -0.15) is 0 Å². The molecule has 0 aliphatic carbocycles. The zero-order valence-electron chi connectivity index (χ0n) is 10.8. The molecule has 0 atom stereocenters. The van der Waals surface area contributed by atoms with E-state index in [1.165, 1.54) is 0 Å². The number of nitrogens with two attached hydrogens (primary N) is 1. The van der Waals surface area contributed by atoms with Crippen LogP contribution in [-0.4, -0.2) is 46.0 Å². The lowest BCUT2D eigenvalue weighted by Gasteiger charge is -2.29. The van der Waals surface area contributed by atoms with Gasteiger partial charge in [-0.1, -0.05) is 0 Å². The van der Waals surface area contributed by atoms with Crippen molar-refractivity contribution >= 4 is 5.91 Å². The quantitative estimate of drug-likeness (QED) is 0.753. The van der Waals surface area contributed by atoms with E-state index in [0.717, 1.165) is 31.8 Å². The predicted molar refractivity (Wildman–Crippen MR) is 68.7 cm³/mol. The van der Waals surface area contributed by atoms with E-state index in [4.69, 9.17) is 5.73 Å². The molecule has 1 fully saturated rings. The van der Waals surface area contributed by atoms with Gasteiger partial charge in [-0.3, -0.25) is 9.69 Å². The molecule has 1 aliphatic heterocycles. The average molecular weight is 251 g/mol. The third-order valence-corrected chi connectivity index (χ3v) is 3.36. The number of piperidine rings is 1. The molecule has 18 heavy (non-hydrogen) atoms. The second-order valence-corrected chi connectivity index (χ2v) is 4.84. The molecule has 0 radical (unpaired) electrons. The summed E-state index contributed by atoms with van der Waals surface area (Å²) in [6, 6.07) is 0.303. The first-order valence-corrected chi connectivity index (χ1v) is 6.36. The Morgan fingerprint density at radius 2 is 2.28 bits per heavy atom. The Morgan fingerprint density at radius 3 is 2.89 bits per heavy atom. The largest absolute Gasteiger partial charge is 0.348 e. The molecule has 0 aromatic carbocycles. The topological polar surface area (TPSA) is 76.2 Å². The first-order valence-electron chi connectivity index (χ1n) is 6.36. The van der Waals surface area contributed by atoms with E-state index in [1.54, 1.807) is 6.20 Å². The lowest BCUT2D eigenvalue weighted by Crippen LogP contribution is -2.44. The van der Waals surface area contributed by atoms with Gasteiger partial charge in [-0.15, -0.1) is 0 Å². The molecule has 0 unspecified atom stereocenters. The highest BCUT2D eigenvalue weighted by Crippen LogP contribution is 2.07. The fraction of sp³-hybridized carbons (Fsp3) is 0.667. The van der Waals surface area contributed by atoms with Crippen LogP contribution in [0, 0.1) is 0 Å². The summed E-state index contributed by atoms with van der Waals surface area (Å²) in [7, 11) is 1.92. The van der Waals surface area contributed by atoms with Gasteiger partial charge in [0.25, 0.3) is 0 Å². The van der Waals surface area contributed by atoms with Crippen LogP contribution in [0.25, 0.3) is 0 Å². The van der Waals surface area contributed by atoms with Crippen LogP contribution in [0.2, 0.25) is 0 Å². The van der Waals surface area contributed by atoms with Crippen molar-refractivity contribution in [3.8, 4) is 0 Å². The van der Waals surface area contributed by atoms with Crippen LogP contribution in [0.1, 0.15) is 18.7 Å². The van der Waals surface area contributed by atoms with Gasteiger partial charge in [0, 0.05) is 38.6 Å². The van der Waals surface area contributed by atoms with Gasteiger partial charge in [0.15, 0.2) is 0 Å². The highest BCUT2D eigenvalue weighted by atomic mass is 16.2. The van der Waals surface area contributed by atoms with Crippen molar-refractivity contribution in [3.05, 3.63) is 18.2 Å². The summed E-state index contributed by atoms with van der Waals surface area (Å²) in [5.74, 6) is 0.914. The standard InChI is InChI=1S/C12H21N5O/c1-16-7-4-14-11(16)8-15-12(18)9-17-5-2-10(13)3-6-17/h4,7,10H,2-3,5-6,8-9,13H2,1H3,(H,15,18). The van der Waals surface area contributed by atoms with Gasteiger partial charge < -0.3 is 15.6 Å². The fourth-order valence-corrected chi connectivity index (χ4v) is 2.11. The summed E-state index contributed by atoms with van der Waals surface area (Å²) in [4.78, 5) is 18.1. The minimum absolute atomic E-state index is 0.0495. The van der Waals surface area contributed by atoms with Gasteiger partial charge in [0.2, 0.25) is 5.91 Å². The van der Waals surface area contributed by atoms with Crippen molar-refractivity contribution in [2.45, 2.75) is 25.4 Å². The smallest absolute Gasteiger partial charge is 0.234 e. The summed E-state index contributed by atoms with van der Waals surface area (Å²) in [5.41, 5.74) is 5.83. The minimum atomic E-state index is 0.0495. The number of aromatic nitrogens is 2. The predicted octanol–water partition coefficient (Wildman–Crippen LogP) is -0.541. The zero-order chi connectivity index (χ0) is 13.0. The monoisotopic (exact) mass is 251 g/mol. The Balaban J connectivity index is 1.71. The van der Waals surface area contributed by atoms with E-state index in [-0.39, 0.29) is 5.91 Å². The SMILES string of the molecule is Cn1ccnc1CNC(=O)CN1CCC(N)CC1. The maximum absolute atomic E-state index is 11.8. The molecular formula is C12H21N5O. The number of hydrogen-bond acceptors (Lipinski definition) is 4. The third-order valence-electron chi connectivity index (χ3n) is 3.36. The summed E-state index contributed by atoms with van der Waals surface area (Å²) < 4.78 is 1.90. The van der Waals surface area contributed by atoms with Crippen molar-refractivity contribution in [1.29, 1.82) is 0 Å². The van der Waals surface area contributed by atoms with Crippen LogP contribution < -0.4 is 11.1 Å². The average Bonchev–Trinajstić information content (AvgIpc) is 2.75. The molecule has 6 heteroatoms. The molecule has 0 spiro atoms. The van der Waals surface area contributed by atoms with Crippen LogP contribution in [-0.2, 0) is 18.4 Å². The van der Waals surface area contributed by atoms with Crippen LogP contribution in [0.5, 0.6) is 0 Å². The Morgan fingerprint density at radius 1 is 1.56 bits per heavy atom. The Hall–Kier alpha value is -1.40. The van der Waals surface area contributed by atoms with Crippen LogP contribution >= 0.6 is 0 Å². The molecule has 1 aliphatic rings. The molecule has 1 amide bonds. The number of imidazole rings is 1. The molecule has 100 valence electrons. The molecule has 0 saturated carbocycles. The van der Waals surface area contributed by atoms with E-state index >= 15 is 0 Å². The third kappa shape index (κ3) is 3.54. The molecule has 1 aromatic rings. The first kappa shape index (κ1) is 13.0. The number of nitrogens with zero attached hydrogens (tertiary/aromatic N) is 3. The van der Waals surface area contributed by atoms with E-state index in [9.17, 15) is 4.79 Å². The van der Waals surface area contributed by atoms with Crippen molar-refractivity contribution in [1.82, 2.24) is 19.8 Å². The number of aryl methyl sites for hydroxylation is 1. The first-order chi connectivity index (χ1) is 8.65. The van der Waals surface area contributed by atoms with Crippen LogP contribution in [0.15, 0.2) is 12.4 Å². The lowest BCUT2D eigenvalue weighted by atomic mass is 10.1. The van der Waals surface area contributed by atoms with Gasteiger partial charge >= 0.3 is 0 Å². The van der Waals surface area contributed by atoms with E-state index in [1.807, 2.05) is 17.8 Å². The Bertz CT molecular complexity index is 395. The van der Waals surface area contributed by atoms with E-state index in [0.29, 0.717) is 19.1 Å². The van der Waals surface area contributed by atoms with Crippen LogP contribution in [0.3, 0.4) is 0 Å². The molecule has 2 rings (SSSR count). The van der Waals surface area contributed by atoms with Crippen molar-refractivity contribution in [2.75, 3.05) is 19.6 Å². The number of likely N-dealkylation sites (tertiary alicyclic amines) is 1. The Labute approximate surface area is 107 Å². The molecule has 1 saturated heterocycles. The second kappa shape index (κ2) is 5.97. The number of hydrogen-bond donors (Lipinski definition) is 2. The van der Waals surface area contributed by atoms with E-state index in [2.05, 4.69) is 15.2 Å². The molecule has 2 heterocycles. The summed E-state index contributed by atoms with van der Waals surface area (Å²) >= 11 is 0. The fourth-order valence-electron chi connectivity index (χ4n) is 2.11. The number of carbonyl (C=O) groups is 1. The highest BCUT2D eigenvalue weighted by Gasteiger charge is 2.18. The maximum atomic E-state index is 11.8. The number of amides is 1. The molecule has 6 nitrogen and oxygen atoms in total. The molecular weight excluding hydrogens is 230 g/mol. The zero-order valence-corrected chi connectivity index (χ0v) is 10.8. The summed E-state index contributed by atoms with van der Waals surface area (Å²) in [6.07, 6.45) is 5.56. The summed E-state index contributed by atoms with van der Waals surface area (Å²) in [6.45, 7) is 2.76. The highest BCUT2D eigenvalue weighted by molar-refractivity contribution is 5.77. The number of carbonyl (C=O) groups excluding carboxylic acids is 1. The van der Waals surface area contributed by atoms with Crippen molar-refractivity contribution < 1.29 is 4.79 Å². The van der Waals surface area contributed by atoms with Crippen LogP contribution in [0.4, 0.5) is 0 Å². The van der Waals surface area contributed by atoms with Gasteiger partial charge in [0.1, 0.15) is 5.82 Å². The molecule has 3 N–H and O–H groups in total. The number of rotatable bonds is 4. The Kier molecular flexibility index (Phi) is 4.33. The van der Waals surface area contributed by atoms with Crippen molar-refractivity contribution in [3.63, 3.8) is 0 Å². The second-order valence-electron chi connectivity index (χ2n) is 4.84. The number of nitrogens with one attached hydrogen (secondary N) is 1. The van der Waals surface area contributed by atoms with Gasteiger partial charge in [-0.25, -0.2) is 4.98 Å². The van der Waals surface area contributed by atoms with E-state index < -0.39 is 0 Å². The molecule has 0 bridgehead atoms. The summed E-state index contributed by atoms with van der Waals surface area (Å²) in [5, 5.41) is 2.89. The van der Waals surface area contributed by atoms with Gasteiger partial charge in [0.05, 0.1) is 13.1 Å². The van der Waals surface area contributed by atoms with Crippen molar-refractivity contribution in [2.24, 2.45) is 12.8 Å². The van der Waals surface area contributed by atoms with Gasteiger partial charge in [-0.05, 0) is 12.8 Å². The minimum Gasteiger partial charge on any atom is -0.348 e. The lowest BCUT2D eigenvalue weighted by molar-refractivity contribution is -0.122.